The molecule has 0 saturated heterocycles. The van der Waals surface area contributed by atoms with E-state index < -0.39 is 0 Å². The fourth-order valence-corrected chi connectivity index (χ4v) is 3.02. The Balaban J connectivity index is 1.80. The number of hydrogen-bond donors (Lipinski definition) is 0. The van der Waals surface area contributed by atoms with Gasteiger partial charge in [0.25, 0.3) is 5.91 Å². The van der Waals surface area contributed by atoms with Crippen LogP contribution in [0.3, 0.4) is 0 Å². The summed E-state index contributed by atoms with van der Waals surface area (Å²) >= 11 is 0. The normalized spacial score (nSPS) is 10.8. The Labute approximate surface area is 159 Å². The maximum absolute atomic E-state index is 12.8. The molecule has 0 unspecified atom stereocenters. The van der Waals surface area contributed by atoms with E-state index in [9.17, 15) is 4.79 Å². The molecule has 3 aromatic rings. The first-order valence-electron chi connectivity index (χ1n) is 8.95. The fourth-order valence-electron chi connectivity index (χ4n) is 3.02. The van der Waals surface area contributed by atoms with Gasteiger partial charge in [-0.05, 0) is 31.5 Å². The summed E-state index contributed by atoms with van der Waals surface area (Å²) in [5.74, 6) is 0.657. The van der Waals surface area contributed by atoms with Crippen LogP contribution < -0.4 is 0 Å². The number of carbonyl (C=O) groups is 1. The molecule has 140 valence electrons. The SMILES string of the molecule is COCCN(Cc1cc(-c2ccc(C)cc2C)on1)C(=O)c1ccccc1. The standard InChI is InChI=1S/C22H24N2O3/c1-16-9-10-20(17(2)13-16)21-14-19(23-27-21)15-24(11-12-26-3)22(25)18-7-5-4-6-8-18/h4-10,13-14H,11-12,15H2,1-3H3. The van der Waals surface area contributed by atoms with Crippen molar-refractivity contribution in [3.63, 3.8) is 0 Å². The number of aryl methyl sites for hydroxylation is 2. The van der Waals surface area contributed by atoms with Gasteiger partial charge in [-0.15, -0.1) is 0 Å². The molecule has 5 nitrogen and oxygen atoms in total. The fraction of sp³-hybridized carbons (Fsp3) is 0.273. The molecule has 0 N–H and O–H groups in total. The highest BCUT2D eigenvalue weighted by molar-refractivity contribution is 5.94. The van der Waals surface area contributed by atoms with Crippen molar-refractivity contribution < 1.29 is 14.1 Å². The minimum absolute atomic E-state index is 0.0521. The molecular formula is C22H24N2O3. The van der Waals surface area contributed by atoms with Gasteiger partial charge in [-0.2, -0.15) is 0 Å². The van der Waals surface area contributed by atoms with Crippen molar-refractivity contribution in [2.24, 2.45) is 0 Å². The molecule has 0 aliphatic rings. The van der Waals surface area contributed by atoms with E-state index in [0.29, 0.717) is 36.7 Å². The summed E-state index contributed by atoms with van der Waals surface area (Å²) in [5, 5.41) is 4.17. The van der Waals surface area contributed by atoms with Crippen LogP contribution in [0.2, 0.25) is 0 Å². The van der Waals surface area contributed by atoms with Crippen molar-refractivity contribution in [2.45, 2.75) is 20.4 Å². The predicted molar refractivity (Wildman–Crippen MR) is 104 cm³/mol. The summed E-state index contributed by atoms with van der Waals surface area (Å²) in [6, 6.07) is 17.3. The van der Waals surface area contributed by atoms with E-state index in [-0.39, 0.29) is 5.91 Å². The summed E-state index contributed by atoms with van der Waals surface area (Å²) in [5.41, 5.74) is 4.71. The van der Waals surface area contributed by atoms with E-state index in [2.05, 4.69) is 18.1 Å². The first-order valence-corrected chi connectivity index (χ1v) is 8.95. The molecule has 1 heterocycles. The Bertz CT molecular complexity index is 903. The van der Waals surface area contributed by atoms with Crippen molar-refractivity contribution in [3.05, 3.63) is 77.0 Å². The highest BCUT2D eigenvalue weighted by atomic mass is 16.5. The van der Waals surface area contributed by atoms with Crippen molar-refractivity contribution in [1.82, 2.24) is 10.1 Å². The molecule has 0 fully saturated rings. The van der Waals surface area contributed by atoms with E-state index in [1.54, 1.807) is 12.0 Å². The number of rotatable bonds is 7. The van der Waals surface area contributed by atoms with Crippen LogP contribution in [0.25, 0.3) is 11.3 Å². The van der Waals surface area contributed by atoms with Gasteiger partial charge in [0.2, 0.25) is 0 Å². The second kappa shape index (κ2) is 8.64. The molecular weight excluding hydrogens is 340 g/mol. The van der Waals surface area contributed by atoms with Crippen LogP contribution in [0.15, 0.2) is 59.1 Å². The maximum Gasteiger partial charge on any atom is 0.254 e. The lowest BCUT2D eigenvalue weighted by Gasteiger charge is -2.21. The van der Waals surface area contributed by atoms with Gasteiger partial charge in [0, 0.05) is 30.8 Å². The largest absolute Gasteiger partial charge is 0.383 e. The molecule has 0 aliphatic heterocycles. The second-order valence-electron chi connectivity index (χ2n) is 6.59. The van der Waals surface area contributed by atoms with Gasteiger partial charge in [0.15, 0.2) is 5.76 Å². The van der Waals surface area contributed by atoms with Crippen molar-refractivity contribution in [2.75, 3.05) is 20.3 Å². The summed E-state index contributed by atoms with van der Waals surface area (Å²) in [6.45, 7) is 5.42. The maximum atomic E-state index is 12.8. The van der Waals surface area contributed by atoms with E-state index in [4.69, 9.17) is 9.26 Å². The monoisotopic (exact) mass is 364 g/mol. The number of carbonyl (C=O) groups excluding carboxylic acids is 1. The van der Waals surface area contributed by atoms with Gasteiger partial charge < -0.3 is 14.2 Å². The third-order valence-electron chi connectivity index (χ3n) is 4.43. The van der Waals surface area contributed by atoms with Crippen LogP contribution in [0, 0.1) is 13.8 Å². The average molecular weight is 364 g/mol. The van der Waals surface area contributed by atoms with Crippen molar-refractivity contribution in [3.8, 4) is 11.3 Å². The van der Waals surface area contributed by atoms with Crippen LogP contribution in [0.5, 0.6) is 0 Å². The van der Waals surface area contributed by atoms with E-state index in [1.807, 2.05) is 55.5 Å². The first-order chi connectivity index (χ1) is 13.1. The second-order valence-corrected chi connectivity index (χ2v) is 6.59. The quantitative estimate of drug-likeness (QED) is 0.629. The van der Waals surface area contributed by atoms with Crippen LogP contribution in [-0.4, -0.2) is 36.2 Å². The molecule has 0 spiro atoms. The smallest absolute Gasteiger partial charge is 0.254 e. The minimum atomic E-state index is -0.0521. The molecule has 1 amide bonds. The topological polar surface area (TPSA) is 55.6 Å². The van der Waals surface area contributed by atoms with Gasteiger partial charge in [-0.1, -0.05) is 47.1 Å². The molecule has 0 aliphatic carbocycles. The molecule has 5 heteroatoms. The third kappa shape index (κ3) is 4.63. The molecule has 2 aromatic carbocycles. The Morgan fingerprint density at radius 2 is 1.89 bits per heavy atom. The Kier molecular flexibility index (Phi) is 6.04. The van der Waals surface area contributed by atoms with Gasteiger partial charge in [0.05, 0.1) is 13.2 Å². The minimum Gasteiger partial charge on any atom is -0.383 e. The lowest BCUT2D eigenvalue weighted by Crippen LogP contribution is -2.33. The summed E-state index contributed by atoms with van der Waals surface area (Å²) in [4.78, 5) is 14.6. The summed E-state index contributed by atoms with van der Waals surface area (Å²) < 4.78 is 10.7. The lowest BCUT2D eigenvalue weighted by atomic mass is 10.0. The van der Waals surface area contributed by atoms with E-state index >= 15 is 0 Å². The highest BCUT2D eigenvalue weighted by Gasteiger charge is 2.18. The molecule has 0 bridgehead atoms. The zero-order valence-corrected chi connectivity index (χ0v) is 15.9. The zero-order valence-electron chi connectivity index (χ0n) is 15.9. The van der Waals surface area contributed by atoms with Gasteiger partial charge in [-0.25, -0.2) is 0 Å². The molecule has 1 aromatic heterocycles. The number of methoxy groups -OCH3 is 1. The molecule has 0 saturated carbocycles. The third-order valence-corrected chi connectivity index (χ3v) is 4.43. The highest BCUT2D eigenvalue weighted by Crippen LogP contribution is 2.25. The van der Waals surface area contributed by atoms with Crippen LogP contribution in [0.1, 0.15) is 27.2 Å². The predicted octanol–water partition coefficient (Wildman–Crippen LogP) is 4.25. The summed E-state index contributed by atoms with van der Waals surface area (Å²) in [7, 11) is 1.62. The van der Waals surface area contributed by atoms with E-state index in [1.165, 1.54) is 5.56 Å². The Hall–Kier alpha value is -2.92. The van der Waals surface area contributed by atoms with Crippen LogP contribution in [-0.2, 0) is 11.3 Å². The van der Waals surface area contributed by atoms with Gasteiger partial charge in [0.1, 0.15) is 5.69 Å². The number of nitrogens with zero attached hydrogens (tertiary/aromatic N) is 2. The number of hydrogen-bond acceptors (Lipinski definition) is 4. The molecule has 0 atom stereocenters. The van der Waals surface area contributed by atoms with E-state index in [0.717, 1.165) is 11.1 Å². The summed E-state index contributed by atoms with van der Waals surface area (Å²) in [6.07, 6.45) is 0. The van der Waals surface area contributed by atoms with Crippen LogP contribution in [0.4, 0.5) is 0 Å². The Morgan fingerprint density at radius 3 is 2.59 bits per heavy atom. The van der Waals surface area contributed by atoms with Gasteiger partial charge in [-0.3, -0.25) is 4.79 Å². The lowest BCUT2D eigenvalue weighted by molar-refractivity contribution is 0.0676. The first kappa shape index (κ1) is 18.9. The Morgan fingerprint density at radius 1 is 1.11 bits per heavy atom. The number of benzene rings is 2. The molecule has 3 rings (SSSR count). The zero-order chi connectivity index (χ0) is 19.2. The molecule has 27 heavy (non-hydrogen) atoms. The average Bonchev–Trinajstić information content (AvgIpc) is 3.13. The number of aromatic nitrogens is 1. The number of amides is 1. The van der Waals surface area contributed by atoms with Crippen molar-refractivity contribution >= 4 is 5.91 Å². The van der Waals surface area contributed by atoms with Crippen molar-refractivity contribution in [1.29, 1.82) is 0 Å². The molecule has 0 radical (unpaired) electrons. The van der Waals surface area contributed by atoms with Crippen LogP contribution >= 0.6 is 0 Å². The van der Waals surface area contributed by atoms with Gasteiger partial charge >= 0.3 is 0 Å². The number of ether oxygens (including phenoxy) is 1.